The van der Waals surface area contributed by atoms with Crippen molar-refractivity contribution in [1.29, 1.82) is 0 Å². The van der Waals surface area contributed by atoms with Gasteiger partial charge in [-0.3, -0.25) is 4.79 Å². The van der Waals surface area contributed by atoms with Gasteiger partial charge in [0.15, 0.2) is 0 Å². The number of hydrogen-bond acceptors (Lipinski definition) is 3. The lowest BCUT2D eigenvalue weighted by Crippen LogP contribution is -2.32. The molecule has 0 aliphatic rings. The van der Waals surface area contributed by atoms with Crippen LogP contribution in [0.25, 0.3) is 0 Å². The molecule has 1 aromatic rings. The molecule has 1 aromatic carbocycles. The summed E-state index contributed by atoms with van der Waals surface area (Å²) in [7, 11) is 1.17. The van der Waals surface area contributed by atoms with Gasteiger partial charge in [-0.15, -0.1) is 0 Å². The molecule has 0 aromatic heterocycles. The second-order valence-electron chi connectivity index (χ2n) is 3.96. The van der Waals surface area contributed by atoms with E-state index in [0.29, 0.717) is 13.1 Å². The molecule has 0 saturated carbocycles. The van der Waals surface area contributed by atoms with Gasteiger partial charge < -0.3 is 4.90 Å². The minimum Gasteiger partial charge on any atom is -0.339 e. The molecule has 1 amide bonds. The Hall–Kier alpha value is -1.14. The van der Waals surface area contributed by atoms with E-state index in [1.165, 1.54) is 4.90 Å². The van der Waals surface area contributed by atoms with Gasteiger partial charge in [0, 0.05) is 23.8 Å². The Bertz CT molecular complexity index is 574. The standard InChI is InChI=1S/C12H15ClFNO3S/c1-3-7-15(4-2)12(16)10-8-9(14)5-6-11(10)19(13,17)18/h5-6,8H,3-4,7H2,1-2H3. The van der Waals surface area contributed by atoms with Crippen LogP contribution in [-0.2, 0) is 9.05 Å². The fourth-order valence-corrected chi connectivity index (χ4v) is 2.77. The first kappa shape index (κ1) is 15.9. The highest BCUT2D eigenvalue weighted by Crippen LogP contribution is 2.22. The molecule has 106 valence electrons. The smallest absolute Gasteiger partial charge is 0.262 e. The van der Waals surface area contributed by atoms with E-state index < -0.39 is 20.8 Å². The van der Waals surface area contributed by atoms with Gasteiger partial charge >= 0.3 is 0 Å². The van der Waals surface area contributed by atoms with Crippen molar-refractivity contribution in [2.24, 2.45) is 0 Å². The lowest BCUT2D eigenvalue weighted by molar-refractivity contribution is 0.0760. The van der Waals surface area contributed by atoms with Crippen LogP contribution in [0.1, 0.15) is 30.6 Å². The topological polar surface area (TPSA) is 54.5 Å². The van der Waals surface area contributed by atoms with Gasteiger partial charge in [0.25, 0.3) is 15.0 Å². The highest BCUT2D eigenvalue weighted by atomic mass is 35.7. The Morgan fingerprint density at radius 3 is 2.47 bits per heavy atom. The number of amides is 1. The minimum absolute atomic E-state index is 0.231. The third-order valence-electron chi connectivity index (χ3n) is 2.60. The van der Waals surface area contributed by atoms with Crippen molar-refractivity contribution < 1.29 is 17.6 Å². The molecule has 0 N–H and O–H groups in total. The predicted octanol–water partition coefficient (Wildman–Crippen LogP) is 2.63. The molecule has 0 fully saturated rings. The summed E-state index contributed by atoms with van der Waals surface area (Å²) in [5, 5.41) is 0. The average molecular weight is 308 g/mol. The maximum Gasteiger partial charge on any atom is 0.262 e. The maximum atomic E-state index is 13.2. The first-order valence-corrected chi connectivity index (χ1v) is 8.15. The van der Waals surface area contributed by atoms with Crippen molar-refractivity contribution >= 4 is 25.6 Å². The molecule has 0 atom stereocenters. The number of nitrogens with zero attached hydrogens (tertiary/aromatic N) is 1. The molecule has 7 heteroatoms. The molecule has 0 radical (unpaired) electrons. The molecule has 0 heterocycles. The Balaban J connectivity index is 3.32. The molecule has 4 nitrogen and oxygen atoms in total. The zero-order chi connectivity index (χ0) is 14.6. The lowest BCUT2D eigenvalue weighted by atomic mass is 10.2. The first-order chi connectivity index (χ1) is 8.81. The van der Waals surface area contributed by atoms with Gasteiger partial charge in [-0.2, -0.15) is 0 Å². The summed E-state index contributed by atoms with van der Waals surface area (Å²) in [6.07, 6.45) is 0.720. The normalized spacial score (nSPS) is 11.4. The van der Waals surface area contributed by atoms with Gasteiger partial charge in [0.1, 0.15) is 5.82 Å². The molecule has 1 rings (SSSR count). The quantitative estimate of drug-likeness (QED) is 0.786. The predicted molar refractivity (Wildman–Crippen MR) is 71.3 cm³/mol. The summed E-state index contributed by atoms with van der Waals surface area (Å²) in [5.41, 5.74) is -0.231. The summed E-state index contributed by atoms with van der Waals surface area (Å²) in [6.45, 7) is 4.53. The lowest BCUT2D eigenvalue weighted by Gasteiger charge is -2.21. The van der Waals surface area contributed by atoms with Crippen LogP contribution in [0.5, 0.6) is 0 Å². The zero-order valence-electron chi connectivity index (χ0n) is 10.7. The Kier molecular flexibility index (Phi) is 5.31. The molecule has 0 spiro atoms. The Morgan fingerprint density at radius 1 is 1.37 bits per heavy atom. The second kappa shape index (κ2) is 6.34. The second-order valence-corrected chi connectivity index (χ2v) is 6.50. The average Bonchev–Trinajstić information content (AvgIpc) is 2.33. The van der Waals surface area contributed by atoms with Crippen molar-refractivity contribution in [2.75, 3.05) is 13.1 Å². The van der Waals surface area contributed by atoms with Crippen molar-refractivity contribution in [3.8, 4) is 0 Å². The van der Waals surface area contributed by atoms with E-state index in [-0.39, 0.29) is 10.5 Å². The Morgan fingerprint density at radius 2 is 2.00 bits per heavy atom. The summed E-state index contributed by atoms with van der Waals surface area (Å²) in [6, 6.07) is 2.86. The number of benzene rings is 1. The molecule has 0 aliphatic heterocycles. The number of carbonyl (C=O) groups is 1. The SMILES string of the molecule is CCCN(CC)C(=O)c1cc(F)ccc1S(=O)(=O)Cl. The largest absolute Gasteiger partial charge is 0.339 e. The number of hydrogen-bond donors (Lipinski definition) is 0. The van der Waals surface area contributed by atoms with E-state index in [1.54, 1.807) is 6.92 Å². The van der Waals surface area contributed by atoms with E-state index in [0.717, 1.165) is 24.6 Å². The molecule has 0 aliphatic carbocycles. The zero-order valence-corrected chi connectivity index (χ0v) is 12.3. The van der Waals surface area contributed by atoms with E-state index in [9.17, 15) is 17.6 Å². The fraction of sp³-hybridized carbons (Fsp3) is 0.417. The van der Waals surface area contributed by atoms with Crippen LogP contribution in [0.3, 0.4) is 0 Å². The van der Waals surface area contributed by atoms with E-state index in [1.807, 2.05) is 6.92 Å². The molecule has 0 unspecified atom stereocenters. The fourth-order valence-electron chi connectivity index (χ4n) is 1.73. The van der Waals surface area contributed by atoms with Gasteiger partial charge in [-0.25, -0.2) is 12.8 Å². The number of halogens is 2. The summed E-state index contributed by atoms with van der Waals surface area (Å²) >= 11 is 0. The van der Waals surface area contributed by atoms with Crippen LogP contribution >= 0.6 is 10.7 Å². The van der Waals surface area contributed by atoms with Crippen LogP contribution in [0.2, 0.25) is 0 Å². The highest BCUT2D eigenvalue weighted by molar-refractivity contribution is 8.13. The monoisotopic (exact) mass is 307 g/mol. The van der Waals surface area contributed by atoms with Crippen molar-refractivity contribution in [3.05, 3.63) is 29.6 Å². The van der Waals surface area contributed by atoms with E-state index in [2.05, 4.69) is 0 Å². The molecule has 19 heavy (non-hydrogen) atoms. The van der Waals surface area contributed by atoms with Gasteiger partial charge in [0.2, 0.25) is 0 Å². The minimum atomic E-state index is -4.09. The summed E-state index contributed by atoms with van der Waals surface area (Å²) < 4.78 is 36.1. The van der Waals surface area contributed by atoms with Crippen LogP contribution in [0.15, 0.2) is 23.1 Å². The van der Waals surface area contributed by atoms with E-state index >= 15 is 0 Å². The summed E-state index contributed by atoms with van der Waals surface area (Å²) in [4.78, 5) is 13.3. The number of rotatable bonds is 5. The molecule has 0 saturated heterocycles. The van der Waals surface area contributed by atoms with Crippen molar-refractivity contribution in [3.63, 3.8) is 0 Å². The molecular formula is C12H15ClFNO3S. The first-order valence-electron chi connectivity index (χ1n) is 5.84. The highest BCUT2D eigenvalue weighted by Gasteiger charge is 2.24. The molecule has 0 bridgehead atoms. The summed E-state index contributed by atoms with van der Waals surface area (Å²) in [5.74, 6) is -1.22. The van der Waals surface area contributed by atoms with Gasteiger partial charge in [-0.1, -0.05) is 6.92 Å². The molecular weight excluding hydrogens is 293 g/mol. The van der Waals surface area contributed by atoms with Crippen molar-refractivity contribution in [2.45, 2.75) is 25.2 Å². The van der Waals surface area contributed by atoms with Gasteiger partial charge in [-0.05, 0) is 31.5 Å². The maximum absolute atomic E-state index is 13.2. The van der Waals surface area contributed by atoms with Crippen molar-refractivity contribution in [1.82, 2.24) is 4.90 Å². The number of carbonyl (C=O) groups excluding carboxylic acids is 1. The van der Waals surface area contributed by atoms with E-state index in [4.69, 9.17) is 10.7 Å². The van der Waals surface area contributed by atoms with Crippen LogP contribution in [0, 0.1) is 5.82 Å². The van der Waals surface area contributed by atoms with Crippen LogP contribution in [-0.4, -0.2) is 32.3 Å². The third-order valence-corrected chi connectivity index (χ3v) is 3.98. The van der Waals surface area contributed by atoms with Crippen LogP contribution in [0.4, 0.5) is 4.39 Å². The third kappa shape index (κ3) is 3.91. The van der Waals surface area contributed by atoms with Crippen LogP contribution < -0.4 is 0 Å². The Labute approximate surface area is 116 Å². The van der Waals surface area contributed by atoms with Gasteiger partial charge in [0.05, 0.1) is 10.5 Å².